The van der Waals surface area contributed by atoms with Gasteiger partial charge in [0.25, 0.3) is 0 Å². The molecule has 1 amide bonds. The summed E-state index contributed by atoms with van der Waals surface area (Å²) in [6.45, 7) is 1.76. The SMILES string of the molecule is C[C@@H](Sc1ccc(F)c(Cl)c1)C(=O)Nc1ccccc1Cl. The van der Waals surface area contributed by atoms with Crippen LogP contribution in [-0.2, 0) is 4.79 Å². The standard InChI is InChI=1S/C15H12Cl2FNOS/c1-9(21-10-6-7-13(18)12(17)8-10)15(20)19-14-5-3-2-4-11(14)16/h2-9H,1H3,(H,19,20)/t9-/m1/s1. The van der Waals surface area contributed by atoms with E-state index in [0.29, 0.717) is 10.7 Å². The Labute approximate surface area is 136 Å². The summed E-state index contributed by atoms with van der Waals surface area (Å²) in [6.07, 6.45) is 0. The second kappa shape index (κ2) is 7.16. The van der Waals surface area contributed by atoms with E-state index in [2.05, 4.69) is 5.32 Å². The lowest BCUT2D eigenvalue weighted by Gasteiger charge is -2.13. The van der Waals surface area contributed by atoms with E-state index in [1.54, 1.807) is 37.3 Å². The van der Waals surface area contributed by atoms with Crippen molar-refractivity contribution < 1.29 is 9.18 Å². The van der Waals surface area contributed by atoms with Crippen LogP contribution in [0.2, 0.25) is 10.0 Å². The van der Waals surface area contributed by atoms with Gasteiger partial charge in [0.15, 0.2) is 0 Å². The average Bonchev–Trinajstić information content (AvgIpc) is 2.45. The number of halogens is 3. The third kappa shape index (κ3) is 4.37. The van der Waals surface area contributed by atoms with Gasteiger partial charge in [-0.15, -0.1) is 11.8 Å². The number of hydrogen-bond donors (Lipinski definition) is 1. The largest absolute Gasteiger partial charge is 0.324 e. The van der Waals surface area contributed by atoms with Gasteiger partial charge in [0, 0.05) is 4.90 Å². The molecular formula is C15H12Cl2FNOS. The van der Waals surface area contributed by atoms with E-state index in [-0.39, 0.29) is 16.2 Å². The third-order valence-corrected chi connectivity index (χ3v) is 4.42. The van der Waals surface area contributed by atoms with Gasteiger partial charge < -0.3 is 5.32 Å². The third-order valence-electron chi connectivity index (χ3n) is 2.70. The maximum Gasteiger partial charge on any atom is 0.237 e. The molecule has 0 saturated heterocycles. The van der Waals surface area contributed by atoms with Gasteiger partial charge in [-0.3, -0.25) is 4.79 Å². The molecule has 0 aliphatic rings. The van der Waals surface area contributed by atoms with Gasteiger partial charge in [0.05, 0.1) is 21.0 Å². The first kappa shape index (κ1) is 16.1. The van der Waals surface area contributed by atoms with E-state index in [1.165, 1.54) is 23.9 Å². The zero-order chi connectivity index (χ0) is 15.4. The fourth-order valence-corrected chi connectivity index (χ4v) is 2.94. The Hall–Kier alpha value is -1.23. The van der Waals surface area contributed by atoms with Crippen molar-refractivity contribution in [3.8, 4) is 0 Å². The summed E-state index contributed by atoms with van der Waals surface area (Å²) in [5, 5.41) is 2.91. The molecule has 2 nitrogen and oxygen atoms in total. The molecular weight excluding hydrogens is 332 g/mol. The minimum atomic E-state index is -0.478. The molecule has 0 fully saturated rings. The number of thioether (sulfide) groups is 1. The minimum absolute atomic E-state index is 0.0405. The van der Waals surface area contributed by atoms with E-state index in [9.17, 15) is 9.18 Å². The Morgan fingerprint density at radius 3 is 2.57 bits per heavy atom. The van der Waals surface area contributed by atoms with E-state index in [4.69, 9.17) is 23.2 Å². The summed E-state index contributed by atoms with van der Waals surface area (Å²) in [4.78, 5) is 12.8. The normalized spacial score (nSPS) is 12.0. The molecule has 0 aliphatic heterocycles. The average molecular weight is 344 g/mol. The highest BCUT2D eigenvalue weighted by molar-refractivity contribution is 8.00. The van der Waals surface area contributed by atoms with E-state index in [1.807, 2.05) is 0 Å². The quantitative estimate of drug-likeness (QED) is 0.768. The lowest BCUT2D eigenvalue weighted by molar-refractivity contribution is -0.115. The van der Waals surface area contributed by atoms with Crippen molar-refractivity contribution in [2.45, 2.75) is 17.1 Å². The number of rotatable bonds is 4. The van der Waals surface area contributed by atoms with Gasteiger partial charge in [0.2, 0.25) is 5.91 Å². The van der Waals surface area contributed by atoms with Crippen LogP contribution in [0, 0.1) is 5.82 Å². The fraction of sp³-hybridized carbons (Fsp3) is 0.133. The van der Waals surface area contributed by atoms with Crippen LogP contribution in [-0.4, -0.2) is 11.2 Å². The summed E-state index contributed by atoms with van der Waals surface area (Å²) in [5.74, 6) is -0.664. The van der Waals surface area contributed by atoms with Crippen LogP contribution in [0.4, 0.5) is 10.1 Å². The Morgan fingerprint density at radius 2 is 1.90 bits per heavy atom. The molecule has 0 spiro atoms. The molecule has 2 aromatic rings. The molecule has 0 heterocycles. The van der Waals surface area contributed by atoms with E-state index in [0.717, 1.165) is 4.90 Å². The second-order valence-corrected chi connectivity index (χ2v) is 6.53. The van der Waals surface area contributed by atoms with Gasteiger partial charge in [0.1, 0.15) is 5.82 Å². The highest BCUT2D eigenvalue weighted by atomic mass is 35.5. The summed E-state index contributed by atoms with van der Waals surface area (Å²) >= 11 is 13.0. The molecule has 0 unspecified atom stereocenters. The Balaban J connectivity index is 2.02. The van der Waals surface area contributed by atoms with E-state index < -0.39 is 5.82 Å². The van der Waals surface area contributed by atoms with E-state index >= 15 is 0 Å². The van der Waals surface area contributed by atoms with Crippen LogP contribution in [0.5, 0.6) is 0 Å². The van der Waals surface area contributed by atoms with Crippen LogP contribution in [0.25, 0.3) is 0 Å². The molecule has 6 heteroatoms. The molecule has 110 valence electrons. The maximum absolute atomic E-state index is 13.1. The predicted molar refractivity (Wildman–Crippen MR) is 86.8 cm³/mol. The number of nitrogens with one attached hydrogen (secondary N) is 1. The Bertz CT molecular complexity index is 666. The molecule has 1 N–H and O–H groups in total. The number of carbonyl (C=O) groups excluding carboxylic acids is 1. The van der Waals surface area contributed by atoms with Crippen molar-refractivity contribution in [3.63, 3.8) is 0 Å². The van der Waals surface area contributed by atoms with Crippen molar-refractivity contribution in [3.05, 3.63) is 58.3 Å². The minimum Gasteiger partial charge on any atom is -0.324 e. The first-order valence-electron chi connectivity index (χ1n) is 6.14. The lowest BCUT2D eigenvalue weighted by Crippen LogP contribution is -2.22. The zero-order valence-corrected chi connectivity index (χ0v) is 13.4. The molecule has 0 bridgehead atoms. The smallest absolute Gasteiger partial charge is 0.237 e. The molecule has 0 saturated carbocycles. The highest BCUT2D eigenvalue weighted by Gasteiger charge is 2.16. The summed E-state index contributed by atoms with van der Waals surface area (Å²) in [5.41, 5.74) is 0.564. The van der Waals surface area contributed by atoms with Crippen molar-refractivity contribution >= 4 is 46.6 Å². The molecule has 21 heavy (non-hydrogen) atoms. The van der Waals surface area contributed by atoms with Crippen LogP contribution >= 0.6 is 35.0 Å². The fourth-order valence-electron chi connectivity index (χ4n) is 1.60. The molecule has 0 aliphatic carbocycles. The summed E-state index contributed by atoms with van der Waals surface area (Å²) < 4.78 is 13.1. The van der Waals surface area contributed by atoms with Gasteiger partial charge in [-0.1, -0.05) is 35.3 Å². The Kier molecular flexibility index (Phi) is 5.51. The van der Waals surface area contributed by atoms with Gasteiger partial charge >= 0.3 is 0 Å². The van der Waals surface area contributed by atoms with Crippen molar-refractivity contribution in [1.29, 1.82) is 0 Å². The van der Waals surface area contributed by atoms with Gasteiger partial charge in [-0.05, 0) is 37.3 Å². The van der Waals surface area contributed by atoms with Crippen molar-refractivity contribution in [2.75, 3.05) is 5.32 Å². The number of benzene rings is 2. The van der Waals surface area contributed by atoms with Crippen LogP contribution in [0.15, 0.2) is 47.4 Å². The zero-order valence-electron chi connectivity index (χ0n) is 11.1. The Morgan fingerprint density at radius 1 is 1.19 bits per heavy atom. The monoisotopic (exact) mass is 343 g/mol. The van der Waals surface area contributed by atoms with Gasteiger partial charge in [-0.2, -0.15) is 0 Å². The number of amides is 1. The molecule has 2 rings (SSSR count). The molecule has 1 atom stereocenters. The first-order chi connectivity index (χ1) is 9.97. The number of hydrogen-bond acceptors (Lipinski definition) is 2. The van der Waals surface area contributed by atoms with Crippen LogP contribution < -0.4 is 5.32 Å². The van der Waals surface area contributed by atoms with Gasteiger partial charge in [-0.25, -0.2) is 4.39 Å². The first-order valence-corrected chi connectivity index (χ1v) is 7.78. The highest BCUT2D eigenvalue weighted by Crippen LogP contribution is 2.28. The number of para-hydroxylation sites is 1. The molecule has 0 aromatic heterocycles. The van der Waals surface area contributed by atoms with Crippen molar-refractivity contribution in [1.82, 2.24) is 0 Å². The van der Waals surface area contributed by atoms with Crippen LogP contribution in [0.1, 0.15) is 6.92 Å². The molecule has 0 radical (unpaired) electrons. The number of carbonyl (C=O) groups is 1. The van der Waals surface area contributed by atoms with Crippen LogP contribution in [0.3, 0.4) is 0 Å². The topological polar surface area (TPSA) is 29.1 Å². The predicted octanol–water partition coefficient (Wildman–Crippen LogP) is 5.25. The molecule has 2 aromatic carbocycles. The second-order valence-electron chi connectivity index (χ2n) is 4.31. The summed E-state index contributed by atoms with van der Waals surface area (Å²) in [6, 6.07) is 11.4. The number of anilines is 1. The van der Waals surface area contributed by atoms with Crippen molar-refractivity contribution in [2.24, 2.45) is 0 Å². The maximum atomic E-state index is 13.1. The lowest BCUT2D eigenvalue weighted by atomic mass is 10.3. The summed E-state index contributed by atoms with van der Waals surface area (Å²) in [7, 11) is 0.